The van der Waals surface area contributed by atoms with Gasteiger partial charge in [-0.2, -0.15) is 0 Å². The monoisotopic (exact) mass is 169 g/mol. The third-order valence-electron chi connectivity index (χ3n) is 2.21. The molecule has 0 radical (unpaired) electrons. The van der Waals surface area contributed by atoms with Gasteiger partial charge in [-0.15, -0.1) is 0 Å². The Morgan fingerprint density at radius 1 is 1.67 bits per heavy atom. The second kappa shape index (κ2) is 2.75. The van der Waals surface area contributed by atoms with E-state index in [1.165, 1.54) is 0 Å². The number of amides is 1. The molecule has 0 bridgehead atoms. The van der Waals surface area contributed by atoms with Crippen molar-refractivity contribution in [3.8, 4) is 0 Å². The van der Waals surface area contributed by atoms with Crippen LogP contribution in [0.5, 0.6) is 0 Å². The summed E-state index contributed by atoms with van der Waals surface area (Å²) in [6.45, 7) is 1.35. The van der Waals surface area contributed by atoms with E-state index in [-0.39, 0.29) is 23.8 Å². The van der Waals surface area contributed by atoms with E-state index < -0.39 is 0 Å². The van der Waals surface area contributed by atoms with E-state index in [9.17, 15) is 4.79 Å². The Morgan fingerprint density at radius 3 is 3.00 bits per heavy atom. The van der Waals surface area contributed by atoms with E-state index in [0.717, 1.165) is 13.0 Å². The number of carbonyl (C=O) groups is 1. The van der Waals surface area contributed by atoms with Crippen molar-refractivity contribution in [2.45, 2.75) is 12.5 Å². The van der Waals surface area contributed by atoms with Crippen molar-refractivity contribution in [2.24, 2.45) is 16.6 Å². The number of rotatable bonds is 1. The Morgan fingerprint density at radius 2 is 2.50 bits per heavy atom. The molecule has 0 spiro atoms. The number of hydrogen-bond acceptors (Lipinski definition) is 4. The normalized spacial score (nSPS) is 35.0. The van der Waals surface area contributed by atoms with Gasteiger partial charge in [-0.3, -0.25) is 10.1 Å². The van der Waals surface area contributed by atoms with Crippen LogP contribution in [0.4, 0.5) is 0 Å². The van der Waals surface area contributed by atoms with Gasteiger partial charge in [0, 0.05) is 12.5 Å². The minimum Gasteiger partial charge on any atom is -0.381 e. The molecule has 12 heavy (non-hydrogen) atoms. The quantitative estimate of drug-likeness (QED) is 0.519. The smallest absolute Gasteiger partial charge is 0.251 e. The van der Waals surface area contributed by atoms with Crippen LogP contribution in [0.2, 0.25) is 0 Å². The molecular formula is C7H11N3O2. The maximum absolute atomic E-state index is 11.2. The molecule has 5 heteroatoms. The minimum absolute atomic E-state index is 0.0944. The van der Waals surface area contributed by atoms with Gasteiger partial charge < -0.3 is 10.5 Å². The second-order valence-electron chi connectivity index (χ2n) is 3.07. The third-order valence-corrected chi connectivity index (χ3v) is 2.21. The number of guanidine groups is 1. The maximum atomic E-state index is 11.2. The van der Waals surface area contributed by atoms with Crippen LogP contribution in [0, 0.1) is 5.92 Å². The van der Waals surface area contributed by atoms with Crippen molar-refractivity contribution in [3.05, 3.63) is 0 Å². The number of ether oxygens (including phenoxy) is 1. The summed E-state index contributed by atoms with van der Waals surface area (Å²) < 4.78 is 5.16. The Labute approximate surface area is 70.0 Å². The van der Waals surface area contributed by atoms with Crippen molar-refractivity contribution < 1.29 is 9.53 Å². The molecule has 0 aromatic carbocycles. The number of aliphatic imine (C=N–C) groups is 1. The van der Waals surface area contributed by atoms with Crippen molar-refractivity contribution in [1.29, 1.82) is 0 Å². The van der Waals surface area contributed by atoms with Crippen LogP contribution in [-0.4, -0.2) is 31.1 Å². The Bertz CT molecular complexity index is 233. The molecule has 0 aliphatic carbocycles. The van der Waals surface area contributed by atoms with E-state index >= 15 is 0 Å². The standard InChI is InChI=1S/C7H11N3O2/c8-7-9-5(6(11)10-7)4-1-2-12-3-4/h4-5H,1-3H2,(H3,8,9,10,11). The first-order chi connectivity index (χ1) is 5.77. The van der Waals surface area contributed by atoms with E-state index in [4.69, 9.17) is 10.5 Å². The lowest BCUT2D eigenvalue weighted by Crippen LogP contribution is -2.35. The van der Waals surface area contributed by atoms with E-state index in [0.29, 0.717) is 6.61 Å². The largest absolute Gasteiger partial charge is 0.381 e. The zero-order chi connectivity index (χ0) is 8.55. The lowest BCUT2D eigenvalue weighted by molar-refractivity contribution is -0.121. The molecular weight excluding hydrogens is 158 g/mol. The van der Waals surface area contributed by atoms with Gasteiger partial charge in [0.1, 0.15) is 6.04 Å². The highest BCUT2D eigenvalue weighted by atomic mass is 16.5. The van der Waals surface area contributed by atoms with Gasteiger partial charge in [0.2, 0.25) is 0 Å². The molecule has 1 amide bonds. The predicted molar refractivity (Wildman–Crippen MR) is 42.5 cm³/mol. The number of nitrogens with one attached hydrogen (secondary N) is 1. The minimum atomic E-state index is -0.313. The van der Waals surface area contributed by atoms with E-state index in [2.05, 4.69) is 10.3 Å². The highest BCUT2D eigenvalue weighted by Crippen LogP contribution is 2.20. The molecule has 0 aromatic rings. The Hall–Kier alpha value is -1.10. The molecule has 1 saturated heterocycles. The van der Waals surface area contributed by atoms with Crippen molar-refractivity contribution in [2.75, 3.05) is 13.2 Å². The summed E-state index contributed by atoms with van der Waals surface area (Å²) in [6, 6.07) is -0.313. The Kier molecular flexibility index (Phi) is 1.73. The van der Waals surface area contributed by atoms with Crippen LogP contribution in [0.25, 0.3) is 0 Å². The number of carbonyl (C=O) groups excluding carboxylic acids is 1. The van der Waals surface area contributed by atoms with Crippen LogP contribution in [0.3, 0.4) is 0 Å². The summed E-state index contributed by atoms with van der Waals surface area (Å²) in [5, 5.41) is 2.48. The number of nitrogens with two attached hydrogens (primary N) is 1. The summed E-state index contributed by atoms with van der Waals surface area (Å²) in [5.74, 6) is 0.353. The molecule has 0 aromatic heterocycles. The predicted octanol–water partition coefficient (Wildman–Crippen LogP) is -1.16. The molecule has 2 aliphatic heterocycles. The second-order valence-corrected chi connectivity index (χ2v) is 3.07. The van der Waals surface area contributed by atoms with Gasteiger partial charge >= 0.3 is 0 Å². The van der Waals surface area contributed by atoms with Gasteiger partial charge in [0.05, 0.1) is 6.61 Å². The lowest BCUT2D eigenvalue weighted by Gasteiger charge is -2.09. The molecule has 2 unspecified atom stereocenters. The van der Waals surface area contributed by atoms with E-state index in [1.807, 2.05) is 0 Å². The number of hydrogen-bond donors (Lipinski definition) is 2. The summed E-state index contributed by atoms with van der Waals surface area (Å²) >= 11 is 0. The molecule has 2 heterocycles. The molecule has 5 nitrogen and oxygen atoms in total. The third kappa shape index (κ3) is 1.16. The van der Waals surface area contributed by atoms with E-state index in [1.54, 1.807) is 0 Å². The van der Waals surface area contributed by atoms with Crippen molar-refractivity contribution in [1.82, 2.24) is 5.32 Å². The molecule has 2 aliphatic rings. The summed E-state index contributed by atoms with van der Waals surface area (Å²) in [5.41, 5.74) is 5.36. The Balaban J connectivity index is 2.07. The highest BCUT2D eigenvalue weighted by molar-refractivity contribution is 6.04. The zero-order valence-corrected chi connectivity index (χ0v) is 6.62. The van der Waals surface area contributed by atoms with Crippen molar-refractivity contribution in [3.63, 3.8) is 0 Å². The van der Waals surface area contributed by atoms with Crippen LogP contribution >= 0.6 is 0 Å². The SMILES string of the molecule is NC1=NC(C2CCOC2)C(=O)N1. The fourth-order valence-corrected chi connectivity index (χ4v) is 1.56. The molecule has 2 atom stereocenters. The highest BCUT2D eigenvalue weighted by Gasteiger charge is 2.34. The summed E-state index contributed by atoms with van der Waals surface area (Å²) in [4.78, 5) is 15.2. The lowest BCUT2D eigenvalue weighted by atomic mass is 10.00. The van der Waals surface area contributed by atoms with Crippen LogP contribution in [0.15, 0.2) is 4.99 Å². The van der Waals surface area contributed by atoms with Gasteiger partial charge in [-0.05, 0) is 6.42 Å². The molecule has 1 fully saturated rings. The van der Waals surface area contributed by atoms with Gasteiger partial charge in [0.25, 0.3) is 5.91 Å². The topological polar surface area (TPSA) is 76.7 Å². The molecule has 2 rings (SSSR count). The fourth-order valence-electron chi connectivity index (χ4n) is 1.56. The summed E-state index contributed by atoms with van der Waals surface area (Å²) in [6.07, 6.45) is 0.898. The van der Waals surface area contributed by atoms with Crippen LogP contribution in [-0.2, 0) is 9.53 Å². The average molecular weight is 169 g/mol. The van der Waals surface area contributed by atoms with Gasteiger partial charge in [-0.1, -0.05) is 0 Å². The van der Waals surface area contributed by atoms with Gasteiger partial charge in [-0.25, -0.2) is 4.99 Å². The van der Waals surface area contributed by atoms with Crippen LogP contribution < -0.4 is 11.1 Å². The maximum Gasteiger partial charge on any atom is 0.251 e. The van der Waals surface area contributed by atoms with Gasteiger partial charge in [0.15, 0.2) is 5.96 Å². The molecule has 3 N–H and O–H groups in total. The van der Waals surface area contributed by atoms with Crippen molar-refractivity contribution >= 4 is 11.9 Å². The summed E-state index contributed by atoms with van der Waals surface area (Å²) in [7, 11) is 0. The first-order valence-corrected chi connectivity index (χ1v) is 3.99. The molecule has 0 saturated carbocycles. The zero-order valence-electron chi connectivity index (χ0n) is 6.62. The first kappa shape index (κ1) is 7.54. The number of nitrogens with zero attached hydrogens (tertiary/aromatic N) is 1. The fraction of sp³-hybridized carbons (Fsp3) is 0.714. The first-order valence-electron chi connectivity index (χ1n) is 3.99. The molecule has 66 valence electrons. The average Bonchev–Trinajstić information content (AvgIpc) is 2.58. The van der Waals surface area contributed by atoms with Crippen LogP contribution in [0.1, 0.15) is 6.42 Å².